The highest BCUT2D eigenvalue weighted by molar-refractivity contribution is 9.11. The fraction of sp³-hybridized carbons (Fsp3) is 0.273. The molecule has 0 aromatic carbocycles. The Hall–Kier alpha value is -0.680. The lowest BCUT2D eigenvalue weighted by Crippen LogP contribution is -2.03. The molecule has 2 rings (SSSR count). The Labute approximate surface area is 111 Å². The van der Waals surface area contributed by atoms with E-state index in [1.807, 2.05) is 31.5 Å². The van der Waals surface area contributed by atoms with Crippen LogP contribution in [0.2, 0.25) is 0 Å². The molecule has 0 radical (unpaired) electrons. The molecule has 0 unspecified atom stereocenters. The van der Waals surface area contributed by atoms with Crippen molar-refractivity contribution in [2.45, 2.75) is 20.8 Å². The Morgan fingerprint density at radius 2 is 1.81 bits per heavy atom. The lowest BCUT2D eigenvalue weighted by Gasteiger charge is -2.07. The molecule has 0 saturated carbocycles. The molecule has 5 heteroatoms. The number of halogens is 2. The van der Waals surface area contributed by atoms with E-state index < -0.39 is 0 Å². The van der Waals surface area contributed by atoms with Gasteiger partial charge < -0.3 is 0 Å². The van der Waals surface area contributed by atoms with Crippen molar-refractivity contribution in [3.63, 3.8) is 0 Å². The smallest absolute Gasteiger partial charge is 0.168 e. The summed E-state index contributed by atoms with van der Waals surface area (Å²) in [6, 6.07) is 1.97. The predicted molar refractivity (Wildman–Crippen MR) is 71.0 cm³/mol. The van der Waals surface area contributed by atoms with Crippen molar-refractivity contribution < 1.29 is 0 Å². The first-order valence-corrected chi connectivity index (χ1v) is 6.44. The second-order valence-electron chi connectivity index (χ2n) is 3.66. The molecule has 0 amide bonds. The summed E-state index contributed by atoms with van der Waals surface area (Å²) in [7, 11) is 0. The van der Waals surface area contributed by atoms with Crippen molar-refractivity contribution in [1.82, 2.24) is 14.8 Å². The van der Waals surface area contributed by atoms with Crippen LogP contribution in [0.15, 0.2) is 21.2 Å². The van der Waals surface area contributed by atoms with Crippen LogP contribution in [0.1, 0.15) is 17.0 Å². The van der Waals surface area contributed by atoms with E-state index >= 15 is 0 Å². The summed E-state index contributed by atoms with van der Waals surface area (Å²) in [5, 5.41) is 4.46. The van der Waals surface area contributed by atoms with Gasteiger partial charge in [-0.05, 0) is 64.3 Å². The van der Waals surface area contributed by atoms with Crippen LogP contribution in [0.3, 0.4) is 0 Å². The molecule has 0 N–H and O–H groups in total. The maximum atomic E-state index is 4.46. The molecule has 0 aliphatic heterocycles. The van der Waals surface area contributed by atoms with Gasteiger partial charge in [-0.25, -0.2) is 9.67 Å². The average Bonchev–Trinajstić information content (AvgIpc) is 2.50. The summed E-state index contributed by atoms with van der Waals surface area (Å²) in [5.41, 5.74) is 3.16. The van der Waals surface area contributed by atoms with Crippen LogP contribution in [-0.2, 0) is 0 Å². The van der Waals surface area contributed by atoms with Crippen LogP contribution < -0.4 is 0 Å². The first-order valence-electron chi connectivity index (χ1n) is 4.85. The van der Waals surface area contributed by atoms with E-state index in [0.29, 0.717) is 0 Å². The van der Waals surface area contributed by atoms with Gasteiger partial charge >= 0.3 is 0 Å². The normalized spacial score (nSPS) is 10.8. The van der Waals surface area contributed by atoms with Gasteiger partial charge in [0.25, 0.3) is 0 Å². The lowest BCUT2D eigenvalue weighted by atomic mass is 10.3. The third-order valence-corrected chi connectivity index (χ3v) is 4.60. The van der Waals surface area contributed by atoms with Gasteiger partial charge in [0.05, 0.1) is 20.3 Å². The second-order valence-corrected chi connectivity index (χ2v) is 5.25. The topological polar surface area (TPSA) is 30.7 Å². The van der Waals surface area contributed by atoms with Crippen molar-refractivity contribution >= 4 is 31.9 Å². The van der Waals surface area contributed by atoms with Gasteiger partial charge in [-0.1, -0.05) is 0 Å². The fourth-order valence-electron chi connectivity index (χ4n) is 1.50. The first-order chi connectivity index (χ1) is 7.52. The Balaban J connectivity index is 2.68. The van der Waals surface area contributed by atoms with Crippen LogP contribution in [0, 0.1) is 20.8 Å². The Morgan fingerprint density at radius 1 is 1.12 bits per heavy atom. The summed E-state index contributed by atoms with van der Waals surface area (Å²) in [6.45, 7) is 6.02. The highest BCUT2D eigenvalue weighted by Gasteiger charge is 2.14. The van der Waals surface area contributed by atoms with Crippen molar-refractivity contribution in [2.24, 2.45) is 0 Å². The van der Waals surface area contributed by atoms with Crippen molar-refractivity contribution in [3.05, 3.63) is 38.2 Å². The van der Waals surface area contributed by atoms with E-state index in [9.17, 15) is 0 Å². The maximum Gasteiger partial charge on any atom is 0.168 e. The molecule has 0 spiro atoms. The second kappa shape index (κ2) is 4.30. The van der Waals surface area contributed by atoms with Gasteiger partial charge in [0, 0.05) is 6.20 Å². The van der Waals surface area contributed by atoms with E-state index in [2.05, 4.69) is 41.9 Å². The quantitative estimate of drug-likeness (QED) is 0.789. The molecule has 2 aromatic heterocycles. The Morgan fingerprint density at radius 3 is 2.38 bits per heavy atom. The minimum Gasteiger partial charge on any atom is -0.236 e. The average molecular weight is 345 g/mol. The van der Waals surface area contributed by atoms with Crippen molar-refractivity contribution in [3.8, 4) is 5.82 Å². The molecule has 84 valence electrons. The zero-order valence-corrected chi connectivity index (χ0v) is 12.4. The number of aryl methyl sites for hydroxylation is 2. The van der Waals surface area contributed by atoms with Gasteiger partial charge in [-0.2, -0.15) is 5.10 Å². The fourth-order valence-corrected chi connectivity index (χ4v) is 2.15. The molecule has 0 aliphatic rings. The van der Waals surface area contributed by atoms with E-state index in [-0.39, 0.29) is 0 Å². The Bertz CT molecular complexity index is 546. The van der Waals surface area contributed by atoms with Gasteiger partial charge in [0.15, 0.2) is 5.82 Å². The summed E-state index contributed by atoms with van der Waals surface area (Å²) in [5.74, 6) is 0.825. The maximum absolute atomic E-state index is 4.46. The highest BCUT2D eigenvalue weighted by atomic mass is 79.9. The molecule has 0 bridgehead atoms. The van der Waals surface area contributed by atoms with Gasteiger partial charge in [-0.15, -0.1) is 0 Å². The monoisotopic (exact) mass is 343 g/mol. The molecule has 0 atom stereocenters. The minimum atomic E-state index is 0.825. The first kappa shape index (κ1) is 11.8. The summed E-state index contributed by atoms with van der Waals surface area (Å²) in [6.07, 6.45) is 1.79. The van der Waals surface area contributed by atoms with Crippen LogP contribution >= 0.6 is 31.9 Å². The van der Waals surface area contributed by atoms with E-state index in [1.165, 1.54) is 0 Å². The third kappa shape index (κ3) is 1.82. The summed E-state index contributed by atoms with van der Waals surface area (Å²) in [4.78, 5) is 4.36. The number of rotatable bonds is 1. The summed E-state index contributed by atoms with van der Waals surface area (Å²) >= 11 is 7.06. The molecular formula is C11H11Br2N3. The van der Waals surface area contributed by atoms with Gasteiger partial charge in [0.2, 0.25) is 0 Å². The third-order valence-electron chi connectivity index (χ3n) is 2.47. The minimum absolute atomic E-state index is 0.825. The molecule has 16 heavy (non-hydrogen) atoms. The number of nitrogens with zero attached hydrogens (tertiary/aromatic N) is 3. The largest absolute Gasteiger partial charge is 0.236 e. The molecular weight excluding hydrogens is 334 g/mol. The van der Waals surface area contributed by atoms with Crippen molar-refractivity contribution in [1.29, 1.82) is 0 Å². The van der Waals surface area contributed by atoms with Gasteiger partial charge in [0.1, 0.15) is 0 Å². The number of pyridine rings is 1. The molecule has 0 fully saturated rings. The molecule has 0 aliphatic carbocycles. The summed E-state index contributed by atoms with van der Waals surface area (Å²) < 4.78 is 3.85. The molecule has 3 nitrogen and oxygen atoms in total. The van der Waals surface area contributed by atoms with Gasteiger partial charge in [-0.3, -0.25) is 0 Å². The van der Waals surface area contributed by atoms with Crippen molar-refractivity contribution in [2.75, 3.05) is 0 Å². The SMILES string of the molecule is Cc1ccnc(-n2nc(C)c(Br)c2C)c1Br. The number of hydrogen-bond donors (Lipinski definition) is 0. The highest BCUT2D eigenvalue weighted by Crippen LogP contribution is 2.27. The molecule has 2 heterocycles. The predicted octanol–water partition coefficient (Wildman–Crippen LogP) is 3.72. The standard InChI is InChI=1S/C11H11Br2N3/c1-6-4-5-14-11(9(6)12)16-8(3)10(13)7(2)15-16/h4-5H,1-3H3. The molecule has 0 saturated heterocycles. The van der Waals surface area contributed by atoms with Crippen LogP contribution in [0.25, 0.3) is 5.82 Å². The zero-order chi connectivity index (χ0) is 11.9. The van der Waals surface area contributed by atoms with E-state index in [1.54, 1.807) is 6.20 Å². The molecule has 2 aromatic rings. The van der Waals surface area contributed by atoms with Crippen LogP contribution in [0.5, 0.6) is 0 Å². The Kier molecular flexibility index (Phi) is 3.17. The van der Waals surface area contributed by atoms with E-state index in [4.69, 9.17) is 0 Å². The number of hydrogen-bond acceptors (Lipinski definition) is 2. The van der Waals surface area contributed by atoms with Crippen LogP contribution in [0.4, 0.5) is 0 Å². The van der Waals surface area contributed by atoms with Crippen LogP contribution in [-0.4, -0.2) is 14.8 Å². The van der Waals surface area contributed by atoms with E-state index in [0.717, 1.165) is 31.7 Å². The zero-order valence-electron chi connectivity index (χ0n) is 9.25. The number of aromatic nitrogens is 3. The lowest BCUT2D eigenvalue weighted by molar-refractivity contribution is 0.799.